The number of carbonyl (C=O) groups is 1. The number of aromatic nitrogens is 4. The molecule has 0 saturated heterocycles. The van der Waals surface area contributed by atoms with Crippen LogP contribution in [0.25, 0.3) is 5.69 Å². The Morgan fingerprint density at radius 2 is 2.06 bits per heavy atom. The van der Waals surface area contributed by atoms with Gasteiger partial charge in [0.05, 0.1) is 23.7 Å². The summed E-state index contributed by atoms with van der Waals surface area (Å²) >= 11 is 0. The van der Waals surface area contributed by atoms with Crippen molar-refractivity contribution in [3.63, 3.8) is 0 Å². The maximum atomic E-state index is 12.8. The number of tetrazole rings is 1. The number of nitrogens with zero attached hydrogens (tertiary/aromatic N) is 7. The molecule has 0 aliphatic heterocycles. The molecule has 1 unspecified atom stereocenters. The fourth-order valence-corrected chi connectivity index (χ4v) is 4.26. The van der Waals surface area contributed by atoms with Crippen molar-refractivity contribution in [1.29, 1.82) is 5.26 Å². The van der Waals surface area contributed by atoms with Crippen LogP contribution in [0.2, 0.25) is 0 Å². The molecule has 1 aliphatic carbocycles. The largest absolute Gasteiger partial charge is 0.373 e. The van der Waals surface area contributed by atoms with Gasteiger partial charge in [-0.25, -0.2) is 4.68 Å². The van der Waals surface area contributed by atoms with Crippen LogP contribution in [0, 0.1) is 11.3 Å². The van der Waals surface area contributed by atoms with Gasteiger partial charge < -0.3 is 9.80 Å². The molecular formula is C25H27N7O. The van der Waals surface area contributed by atoms with Crippen molar-refractivity contribution in [3.05, 3.63) is 83.8 Å². The Bertz CT molecular complexity index is 1150. The van der Waals surface area contributed by atoms with Crippen LogP contribution in [0.1, 0.15) is 28.7 Å². The van der Waals surface area contributed by atoms with Crippen LogP contribution in [0.15, 0.2) is 61.6 Å². The van der Waals surface area contributed by atoms with Crippen LogP contribution in [0.3, 0.4) is 0 Å². The highest BCUT2D eigenvalue weighted by Gasteiger charge is 2.23. The van der Waals surface area contributed by atoms with Gasteiger partial charge in [0, 0.05) is 26.2 Å². The van der Waals surface area contributed by atoms with Crippen LogP contribution in [0.5, 0.6) is 0 Å². The molecule has 168 valence electrons. The molecule has 0 spiro atoms. The quantitative estimate of drug-likeness (QED) is 0.534. The Labute approximate surface area is 193 Å². The predicted molar refractivity (Wildman–Crippen MR) is 124 cm³/mol. The van der Waals surface area contributed by atoms with Crippen molar-refractivity contribution in [2.75, 3.05) is 20.1 Å². The third kappa shape index (κ3) is 5.26. The summed E-state index contributed by atoms with van der Waals surface area (Å²) in [5, 5.41) is 20.3. The van der Waals surface area contributed by atoms with E-state index in [1.807, 2.05) is 49.6 Å². The lowest BCUT2D eigenvalue weighted by Crippen LogP contribution is -2.41. The van der Waals surface area contributed by atoms with Crippen molar-refractivity contribution >= 4 is 5.91 Å². The van der Waals surface area contributed by atoms with Crippen LogP contribution in [0.4, 0.5) is 0 Å². The Hall–Kier alpha value is -3.99. The zero-order valence-corrected chi connectivity index (χ0v) is 18.8. The summed E-state index contributed by atoms with van der Waals surface area (Å²) in [7, 11) is 1.84. The normalized spacial score (nSPS) is 14.7. The number of amides is 1. The molecule has 2 aromatic carbocycles. The fraction of sp³-hybridized carbons (Fsp3) is 0.320. The standard InChI is InChI=1S/C25H27N7O/c1-3-31(24-11-8-21-7-4-20(17-26)14-22(21)16-24)13-12-30(2)25(33)15-19-5-9-23(10-6-19)32-18-27-28-29-32/h3-7,9-10,14,18,24H,1,8,11-13,15-16H2,2H3. The van der Waals surface area contributed by atoms with E-state index in [1.54, 1.807) is 9.58 Å². The topological polar surface area (TPSA) is 90.9 Å². The van der Waals surface area contributed by atoms with Gasteiger partial charge in [-0.3, -0.25) is 4.79 Å². The Balaban J connectivity index is 1.30. The van der Waals surface area contributed by atoms with E-state index in [-0.39, 0.29) is 5.91 Å². The first kappa shape index (κ1) is 22.2. The number of carbonyl (C=O) groups excluding carboxylic acids is 1. The number of aryl methyl sites for hydroxylation is 1. The highest BCUT2D eigenvalue weighted by molar-refractivity contribution is 5.78. The molecule has 0 saturated carbocycles. The summed E-state index contributed by atoms with van der Waals surface area (Å²) in [5.41, 5.74) is 5.07. The molecule has 8 nitrogen and oxygen atoms in total. The Morgan fingerprint density at radius 3 is 2.76 bits per heavy atom. The van der Waals surface area contributed by atoms with Crippen LogP contribution in [-0.2, 0) is 24.1 Å². The fourth-order valence-electron chi connectivity index (χ4n) is 4.26. The lowest BCUT2D eigenvalue weighted by atomic mass is 9.86. The van der Waals surface area contributed by atoms with Crippen LogP contribution in [-0.4, -0.2) is 62.1 Å². The zero-order chi connectivity index (χ0) is 23.2. The van der Waals surface area contributed by atoms with Gasteiger partial charge in [0.15, 0.2) is 0 Å². The van der Waals surface area contributed by atoms with Gasteiger partial charge in [-0.05, 0) is 76.8 Å². The third-order valence-electron chi connectivity index (χ3n) is 6.27. The second-order valence-corrected chi connectivity index (χ2v) is 8.33. The minimum absolute atomic E-state index is 0.0711. The Morgan fingerprint density at radius 1 is 1.24 bits per heavy atom. The second-order valence-electron chi connectivity index (χ2n) is 8.33. The maximum absolute atomic E-state index is 12.8. The number of fused-ring (bicyclic) bond motifs is 1. The van der Waals surface area contributed by atoms with E-state index in [0.717, 1.165) is 37.1 Å². The lowest BCUT2D eigenvalue weighted by Gasteiger charge is -2.35. The number of hydrogen-bond acceptors (Lipinski definition) is 6. The molecule has 8 heteroatoms. The monoisotopic (exact) mass is 441 g/mol. The van der Waals surface area contributed by atoms with E-state index in [1.165, 1.54) is 17.5 Å². The van der Waals surface area contributed by atoms with Crippen molar-refractivity contribution in [3.8, 4) is 11.8 Å². The van der Waals surface area contributed by atoms with Crippen molar-refractivity contribution in [2.45, 2.75) is 31.7 Å². The molecular weight excluding hydrogens is 414 g/mol. The average molecular weight is 442 g/mol. The summed E-state index contributed by atoms with van der Waals surface area (Å²) in [6.45, 7) is 5.34. The summed E-state index contributed by atoms with van der Waals surface area (Å²) in [4.78, 5) is 16.8. The maximum Gasteiger partial charge on any atom is 0.226 e. The molecule has 4 rings (SSSR count). The first-order valence-corrected chi connectivity index (χ1v) is 11.0. The summed E-state index contributed by atoms with van der Waals surface area (Å²) in [6.07, 6.45) is 6.67. The summed E-state index contributed by atoms with van der Waals surface area (Å²) in [6, 6.07) is 16.2. The van der Waals surface area contributed by atoms with Gasteiger partial charge in [0.1, 0.15) is 6.33 Å². The molecule has 1 heterocycles. The predicted octanol–water partition coefficient (Wildman–Crippen LogP) is 2.54. The average Bonchev–Trinajstić information content (AvgIpc) is 3.39. The number of likely N-dealkylation sites (N-methyl/N-ethyl adjacent to an activating group) is 1. The number of hydrogen-bond donors (Lipinski definition) is 0. The number of nitriles is 1. The van der Waals surface area contributed by atoms with Gasteiger partial charge in [0.25, 0.3) is 0 Å². The highest BCUT2D eigenvalue weighted by Crippen LogP contribution is 2.25. The summed E-state index contributed by atoms with van der Waals surface area (Å²) < 4.78 is 1.58. The molecule has 33 heavy (non-hydrogen) atoms. The van der Waals surface area contributed by atoms with Gasteiger partial charge >= 0.3 is 0 Å². The van der Waals surface area contributed by atoms with E-state index in [2.05, 4.69) is 39.1 Å². The van der Waals surface area contributed by atoms with E-state index in [0.29, 0.717) is 24.6 Å². The highest BCUT2D eigenvalue weighted by atomic mass is 16.2. The minimum Gasteiger partial charge on any atom is -0.373 e. The molecule has 1 atom stereocenters. The van der Waals surface area contributed by atoms with Crippen molar-refractivity contribution in [1.82, 2.24) is 30.0 Å². The van der Waals surface area contributed by atoms with Crippen molar-refractivity contribution < 1.29 is 4.79 Å². The molecule has 0 radical (unpaired) electrons. The molecule has 1 aliphatic rings. The van der Waals surface area contributed by atoms with Gasteiger partial charge in [-0.15, -0.1) is 5.10 Å². The van der Waals surface area contributed by atoms with Gasteiger partial charge in [-0.2, -0.15) is 5.26 Å². The minimum atomic E-state index is 0.0711. The van der Waals surface area contributed by atoms with Gasteiger partial charge in [-0.1, -0.05) is 24.8 Å². The summed E-state index contributed by atoms with van der Waals surface area (Å²) in [5.74, 6) is 0.0711. The van der Waals surface area contributed by atoms with E-state index in [9.17, 15) is 10.1 Å². The first-order valence-electron chi connectivity index (χ1n) is 11.0. The van der Waals surface area contributed by atoms with E-state index < -0.39 is 0 Å². The van der Waals surface area contributed by atoms with Crippen molar-refractivity contribution in [2.24, 2.45) is 0 Å². The number of rotatable bonds is 8. The van der Waals surface area contributed by atoms with Crippen LogP contribution < -0.4 is 0 Å². The molecule has 0 bridgehead atoms. The van der Waals surface area contributed by atoms with E-state index in [4.69, 9.17) is 0 Å². The Kier molecular flexibility index (Phi) is 6.79. The molecule has 0 fully saturated rings. The van der Waals surface area contributed by atoms with Crippen LogP contribution >= 0.6 is 0 Å². The second kappa shape index (κ2) is 10.1. The molecule has 1 aromatic heterocycles. The lowest BCUT2D eigenvalue weighted by molar-refractivity contribution is -0.129. The number of benzene rings is 2. The smallest absolute Gasteiger partial charge is 0.226 e. The van der Waals surface area contributed by atoms with E-state index >= 15 is 0 Å². The zero-order valence-electron chi connectivity index (χ0n) is 18.8. The molecule has 3 aromatic rings. The molecule has 1 amide bonds. The SMILES string of the molecule is C=CN(CCN(C)C(=O)Cc1ccc(-n2cnnn2)cc1)C1CCc2ccc(C#N)cc2C1. The first-order chi connectivity index (χ1) is 16.1. The third-order valence-corrected chi connectivity index (χ3v) is 6.27. The molecule has 0 N–H and O–H groups in total. The van der Waals surface area contributed by atoms with Gasteiger partial charge in [0.2, 0.25) is 5.91 Å².